The third-order valence-electron chi connectivity index (χ3n) is 1.31. The van der Waals surface area contributed by atoms with Gasteiger partial charge in [0.1, 0.15) is 10.3 Å². The lowest BCUT2D eigenvalue weighted by Crippen LogP contribution is -2.02. The van der Waals surface area contributed by atoms with Crippen LogP contribution in [0.4, 0.5) is 0 Å². The fraction of sp³-hybridized carbons (Fsp3) is 0.286. The number of hydrogen-bond acceptors (Lipinski definition) is 4. The normalized spacial score (nSPS) is 9.50. The molecule has 0 unspecified atom stereocenters. The molecule has 0 aromatic carbocycles. The Morgan fingerprint density at radius 2 is 2.42 bits per heavy atom. The maximum atomic E-state index is 11.0. The monoisotopic (exact) mass is 184 g/mol. The smallest absolute Gasteiger partial charge is 0.241 e. The number of hydrogen-bond donors (Lipinski definition) is 1. The highest BCUT2D eigenvalue weighted by Gasteiger charge is 2.08. The van der Waals surface area contributed by atoms with E-state index >= 15 is 0 Å². The number of H-pyrrole nitrogens is 1. The summed E-state index contributed by atoms with van der Waals surface area (Å²) >= 11 is 4.80. The minimum atomic E-state index is -0.147. The Morgan fingerprint density at radius 1 is 1.75 bits per heavy atom. The summed E-state index contributed by atoms with van der Waals surface area (Å²) in [6.45, 7) is 1.42. The zero-order chi connectivity index (χ0) is 9.14. The summed E-state index contributed by atoms with van der Waals surface area (Å²) in [6.07, 6.45) is 1.43. The second-order valence-corrected chi connectivity index (χ2v) is 2.63. The van der Waals surface area contributed by atoms with Crippen LogP contribution in [-0.2, 0) is 0 Å². The molecule has 0 aliphatic rings. The molecule has 0 spiro atoms. The summed E-state index contributed by atoms with van der Waals surface area (Å²) in [4.78, 5) is 17.5. The van der Waals surface area contributed by atoms with E-state index in [9.17, 15) is 4.79 Å². The summed E-state index contributed by atoms with van der Waals surface area (Å²) in [5, 5.41) is 0. The van der Waals surface area contributed by atoms with Gasteiger partial charge >= 0.3 is 0 Å². The molecule has 0 radical (unpaired) electrons. The van der Waals surface area contributed by atoms with Crippen molar-refractivity contribution in [1.29, 1.82) is 0 Å². The van der Waals surface area contributed by atoms with Crippen molar-refractivity contribution in [2.24, 2.45) is 0 Å². The van der Waals surface area contributed by atoms with Crippen LogP contribution in [0.5, 0.6) is 5.88 Å². The van der Waals surface area contributed by atoms with Gasteiger partial charge in [-0.2, -0.15) is 0 Å². The zero-order valence-corrected chi connectivity index (χ0v) is 7.57. The van der Waals surface area contributed by atoms with Gasteiger partial charge in [0, 0.05) is 6.92 Å². The van der Waals surface area contributed by atoms with Crippen LogP contribution in [0.15, 0.2) is 6.20 Å². The molecule has 4 nitrogen and oxygen atoms in total. The highest BCUT2D eigenvalue weighted by molar-refractivity contribution is 7.71. The second-order valence-electron chi connectivity index (χ2n) is 2.19. The van der Waals surface area contributed by atoms with Crippen molar-refractivity contribution in [3.8, 4) is 5.88 Å². The van der Waals surface area contributed by atoms with Crippen molar-refractivity contribution in [1.82, 2.24) is 9.97 Å². The maximum Gasteiger partial charge on any atom is 0.241 e. The van der Waals surface area contributed by atoms with Crippen LogP contribution in [0.25, 0.3) is 0 Å². The molecular weight excluding hydrogens is 176 g/mol. The van der Waals surface area contributed by atoms with Gasteiger partial charge < -0.3 is 9.72 Å². The molecule has 1 aromatic rings. The van der Waals surface area contributed by atoms with Crippen molar-refractivity contribution in [3.63, 3.8) is 0 Å². The van der Waals surface area contributed by atoms with Crippen molar-refractivity contribution in [2.45, 2.75) is 6.92 Å². The molecule has 0 atom stereocenters. The lowest BCUT2D eigenvalue weighted by atomic mass is 10.3. The summed E-state index contributed by atoms with van der Waals surface area (Å²) in [5.41, 5.74) is 0.310. The highest BCUT2D eigenvalue weighted by atomic mass is 32.1. The number of rotatable bonds is 2. The summed E-state index contributed by atoms with van der Waals surface area (Å²) < 4.78 is 5.27. The zero-order valence-electron chi connectivity index (χ0n) is 6.75. The lowest BCUT2D eigenvalue weighted by molar-refractivity contribution is 0.100. The minimum Gasteiger partial charge on any atom is -0.479 e. The van der Waals surface area contributed by atoms with Gasteiger partial charge in [-0.05, 0) is 0 Å². The van der Waals surface area contributed by atoms with Gasteiger partial charge in [-0.15, -0.1) is 0 Å². The largest absolute Gasteiger partial charge is 0.479 e. The molecule has 0 bridgehead atoms. The van der Waals surface area contributed by atoms with Crippen molar-refractivity contribution in [2.75, 3.05) is 7.11 Å². The Hall–Kier alpha value is -1.23. The van der Waals surface area contributed by atoms with Gasteiger partial charge in [0.2, 0.25) is 5.88 Å². The van der Waals surface area contributed by atoms with E-state index in [0.717, 1.165) is 0 Å². The quantitative estimate of drug-likeness (QED) is 0.556. The van der Waals surface area contributed by atoms with Crippen LogP contribution in [0, 0.1) is 4.64 Å². The third kappa shape index (κ3) is 1.68. The number of carbonyl (C=O) groups excluding carboxylic acids is 1. The number of methoxy groups -OCH3 is 1. The average Bonchev–Trinajstić information content (AvgIpc) is 2.04. The molecule has 0 aliphatic carbocycles. The van der Waals surface area contributed by atoms with Crippen molar-refractivity contribution in [3.05, 3.63) is 16.5 Å². The molecule has 0 saturated heterocycles. The van der Waals surface area contributed by atoms with Gasteiger partial charge in [0.15, 0.2) is 5.78 Å². The number of Topliss-reactive ketones (excluding diaryl/α,β-unsaturated/α-hetero) is 1. The van der Waals surface area contributed by atoms with E-state index in [4.69, 9.17) is 17.0 Å². The van der Waals surface area contributed by atoms with Crippen molar-refractivity contribution >= 4 is 18.0 Å². The van der Waals surface area contributed by atoms with Crippen LogP contribution < -0.4 is 4.74 Å². The van der Waals surface area contributed by atoms with E-state index in [2.05, 4.69) is 9.97 Å². The van der Waals surface area contributed by atoms with Gasteiger partial charge in [0.05, 0.1) is 13.3 Å². The molecule has 12 heavy (non-hydrogen) atoms. The molecule has 1 rings (SSSR count). The van der Waals surface area contributed by atoms with Crippen LogP contribution in [-0.4, -0.2) is 22.9 Å². The number of ketones is 1. The number of carbonyl (C=O) groups is 1. The first kappa shape index (κ1) is 8.86. The molecule has 0 saturated carbocycles. The topological polar surface area (TPSA) is 55.0 Å². The molecule has 64 valence electrons. The number of aromatic nitrogens is 2. The van der Waals surface area contributed by atoms with Gasteiger partial charge in [-0.25, -0.2) is 4.98 Å². The molecule has 5 heteroatoms. The van der Waals surface area contributed by atoms with E-state index in [-0.39, 0.29) is 11.7 Å². The Labute approximate surface area is 74.6 Å². The first-order chi connectivity index (χ1) is 5.65. The average molecular weight is 184 g/mol. The highest BCUT2D eigenvalue weighted by Crippen LogP contribution is 2.10. The Balaban J connectivity index is 3.31. The fourth-order valence-corrected chi connectivity index (χ4v) is 0.939. The Morgan fingerprint density at radius 3 is 2.92 bits per heavy atom. The summed E-state index contributed by atoms with van der Waals surface area (Å²) in [5.74, 6) is 0.127. The number of nitrogens with one attached hydrogen (secondary N) is 1. The molecular formula is C7H8N2O2S. The van der Waals surface area contributed by atoms with E-state index in [1.54, 1.807) is 0 Å². The van der Waals surface area contributed by atoms with Gasteiger partial charge in [0.25, 0.3) is 0 Å². The second kappa shape index (κ2) is 3.44. The first-order valence-electron chi connectivity index (χ1n) is 3.29. The van der Waals surface area contributed by atoms with E-state index in [0.29, 0.717) is 10.3 Å². The van der Waals surface area contributed by atoms with Crippen molar-refractivity contribution < 1.29 is 9.53 Å². The maximum absolute atomic E-state index is 11.0. The molecule has 0 amide bonds. The molecule has 0 fully saturated rings. The lowest BCUT2D eigenvalue weighted by Gasteiger charge is -2.02. The Bertz CT molecular complexity index is 359. The minimum absolute atomic E-state index is 0.147. The molecule has 0 aliphatic heterocycles. The van der Waals surface area contributed by atoms with Gasteiger partial charge in [-0.1, -0.05) is 12.2 Å². The Kier molecular flexibility index (Phi) is 2.54. The van der Waals surface area contributed by atoms with Crippen LogP contribution in [0.2, 0.25) is 0 Å². The predicted octanol–water partition coefficient (Wildman–Crippen LogP) is 1.35. The van der Waals surface area contributed by atoms with E-state index < -0.39 is 0 Å². The molecule has 1 N–H and O–H groups in total. The SMILES string of the molecule is COc1ncc(=S)[nH]c1C(C)=O. The molecule has 1 aromatic heterocycles. The van der Waals surface area contributed by atoms with Gasteiger partial charge in [-0.3, -0.25) is 4.79 Å². The summed E-state index contributed by atoms with van der Waals surface area (Å²) in [7, 11) is 1.45. The first-order valence-corrected chi connectivity index (χ1v) is 3.70. The fourth-order valence-electron chi connectivity index (χ4n) is 0.784. The van der Waals surface area contributed by atoms with Crippen LogP contribution >= 0.6 is 12.2 Å². The van der Waals surface area contributed by atoms with Crippen LogP contribution in [0.3, 0.4) is 0 Å². The standard InChI is InChI=1S/C7H8N2O2S/c1-4(10)6-7(11-2)8-3-5(12)9-6/h3H,1-2H3,(H,9,12). The molecule has 1 heterocycles. The number of aromatic amines is 1. The van der Waals surface area contributed by atoms with Crippen LogP contribution in [0.1, 0.15) is 17.4 Å². The van der Waals surface area contributed by atoms with E-state index in [1.165, 1.54) is 20.2 Å². The number of ether oxygens (including phenoxy) is 1. The third-order valence-corrected chi connectivity index (χ3v) is 1.51. The predicted molar refractivity (Wildman–Crippen MR) is 46.0 cm³/mol. The van der Waals surface area contributed by atoms with E-state index in [1.807, 2.05) is 0 Å². The number of nitrogens with zero attached hydrogens (tertiary/aromatic N) is 1. The summed E-state index contributed by atoms with van der Waals surface area (Å²) in [6, 6.07) is 0.